The molecule has 28 heavy (non-hydrogen) atoms. The van der Waals surface area contributed by atoms with Crippen molar-refractivity contribution in [2.75, 3.05) is 43.1 Å². The maximum atomic E-state index is 12.3. The lowest BCUT2D eigenvalue weighted by Gasteiger charge is -2.30. The quantitative estimate of drug-likeness (QED) is 0.559. The molecule has 0 aliphatic carbocycles. The number of carbonyl (C=O) groups excluding carboxylic acids is 2. The smallest absolute Gasteiger partial charge is 0.224 e. The number of Topliss-reactive ketones (excluding diaryl/α,β-unsaturated/α-hetero) is 1. The van der Waals surface area contributed by atoms with E-state index in [-0.39, 0.29) is 11.7 Å². The summed E-state index contributed by atoms with van der Waals surface area (Å²) in [6.45, 7) is 5.02. The van der Waals surface area contributed by atoms with Crippen LogP contribution >= 0.6 is 0 Å². The van der Waals surface area contributed by atoms with Gasteiger partial charge in [-0.25, -0.2) is 0 Å². The largest absolute Gasteiger partial charge is 0.494 e. The van der Waals surface area contributed by atoms with Gasteiger partial charge < -0.3 is 19.7 Å². The molecule has 3 rings (SSSR count). The van der Waals surface area contributed by atoms with Crippen LogP contribution in [0.15, 0.2) is 48.5 Å². The fourth-order valence-corrected chi connectivity index (χ4v) is 3.08. The molecule has 1 aliphatic heterocycles. The normalized spacial score (nSPS) is 13.8. The predicted molar refractivity (Wildman–Crippen MR) is 109 cm³/mol. The monoisotopic (exact) mass is 382 g/mol. The van der Waals surface area contributed by atoms with Gasteiger partial charge >= 0.3 is 0 Å². The second-order valence-corrected chi connectivity index (χ2v) is 6.70. The zero-order chi connectivity index (χ0) is 19.8. The van der Waals surface area contributed by atoms with Crippen LogP contribution in [0.1, 0.15) is 30.1 Å². The number of rotatable bonds is 8. The van der Waals surface area contributed by atoms with Gasteiger partial charge in [-0.05, 0) is 49.7 Å². The Balaban J connectivity index is 1.45. The zero-order valence-corrected chi connectivity index (χ0v) is 16.1. The minimum Gasteiger partial charge on any atom is -0.494 e. The number of hydrogen-bond acceptors (Lipinski definition) is 5. The third-order valence-electron chi connectivity index (χ3n) is 4.61. The van der Waals surface area contributed by atoms with Crippen LogP contribution in [0.4, 0.5) is 11.4 Å². The number of benzene rings is 2. The van der Waals surface area contributed by atoms with E-state index >= 15 is 0 Å². The Morgan fingerprint density at radius 1 is 1.07 bits per heavy atom. The van der Waals surface area contributed by atoms with E-state index in [9.17, 15) is 9.59 Å². The molecule has 0 atom stereocenters. The molecule has 1 aliphatic rings. The number of para-hydroxylation sites is 2. The summed E-state index contributed by atoms with van der Waals surface area (Å²) in [6, 6.07) is 14.9. The first-order chi connectivity index (χ1) is 13.6. The molecule has 148 valence electrons. The molecule has 1 amide bonds. The first-order valence-electron chi connectivity index (χ1n) is 9.59. The van der Waals surface area contributed by atoms with E-state index in [0.29, 0.717) is 44.0 Å². The van der Waals surface area contributed by atoms with Crippen LogP contribution in [0.3, 0.4) is 0 Å². The van der Waals surface area contributed by atoms with Gasteiger partial charge in [0, 0.05) is 25.1 Å². The molecule has 1 saturated heterocycles. The fraction of sp³-hybridized carbons (Fsp3) is 0.364. The average Bonchev–Trinajstić information content (AvgIpc) is 2.72. The number of hydrogen-bond donors (Lipinski definition) is 1. The Hall–Kier alpha value is -2.86. The maximum Gasteiger partial charge on any atom is 0.224 e. The summed E-state index contributed by atoms with van der Waals surface area (Å²) in [5.74, 6) is 0.694. The van der Waals surface area contributed by atoms with Gasteiger partial charge in [-0.3, -0.25) is 9.59 Å². The molecule has 1 fully saturated rings. The summed E-state index contributed by atoms with van der Waals surface area (Å²) < 4.78 is 11.0. The van der Waals surface area contributed by atoms with E-state index in [4.69, 9.17) is 9.47 Å². The number of nitrogens with zero attached hydrogens (tertiary/aromatic N) is 1. The lowest BCUT2D eigenvalue weighted by molar-refractivity contribution is -0.116. The van der Waals surface area contributed by atoms with Crippen molar-refractivity contribution in [1.29, 1.82) is 0 Å². The number of carbonyl (C=O) groups is 2. The number of anilines is 2. The van der Waals surface area contributed by atoms with Crippen LogP contribution < -0.4 is 15.0 Å². The van der Waals surface area contributed by atoms with Crippen molar-refractivity contribution in [1.82, 2.24) is 0 Å². The highest BCUT2D eigenvalue weighted by molar-refractivity contribution is 5.94. The van der Waals surface area contributed by atoms with Crippen LogP contribution in [0, 0.1) is 0 Å². The van der Waals surface area contributed by atoms with E-state index in [2.05, 4.69) is 10.2 Å². The van der Waals surface area contributed by atoms with Crippen molar-refractivity contribution in [3.05, 3.63) is 54.1 Å². The molecule has 0 spiro atoms. The third kappa shape index (κ3) is 5.57. The van der Waals surface area contributed by atoms with Crippen molar-refractivity contribution in [2.45, 2.75) is 19.8 Å². The van der Waals surface area contributed by atoms with Gasteiger partial charge in [0.05, 0.1) is 31.2 Å². The van der Waals surface area contributed by atoms with E-state index in [0.717, 1.165) is 24.5 Å². The molecule has 2 aromatic rings. The molecular formula is C22H26N2O4. The summed E-state index contributed by atoms with van der Waals surface area (Å²) in [5, 5.41) is 3.01. The van der Waals surface area contributed by atoms with Crippen LogP contribution in [0.5, 0.6) is 5.75 Å². The summed E-state index contributed by atoms with van der Waals surface area (Å²) in [5.41, 5.74) is 2.52. The van der Waals surface area contributed by atoms with Crippen molar-refractivity contribution < 1.29 is 19.1 Å². The summed E-state index contributed by atoms with van der Waals surface area (Å²) in [7, 11) is 0. The molecule has 0 bridgehead atoms. The lowest BCUT2D eigenvalue weighted by atomic mass is 10.1. The topological polar surface area (TPSA) is 67.9 Å². The Bertz CT molecular complexity index is 798. The number of ether oxygens (including phenoxy) is 2. The minimum absolute atomic E-state index is 0.0283. The molecule has 0 unspecified atom stereocenters. The van der Waals surface area contributed by atoms with E-state index in [1.54, 1.807) is 24.3 Å². The Morgan fingerprint density at radius 2 is 1.79 bits per heavy atom. The summed E-state index contributed by atoms with van der Waals surface area (Å²) in [4.78, 5) is 25.8. The highest BCUT2D eigenvalue weighted by Crippen LogP contribution is 2.26. The second-order valence-electron chi connectivity index (χ2n) is 6.70. The van der Waals surface area contributed by atoms with Crippen molar-refractivity contribution in [3.63, 3.8) is 0 Å². The summed E-state index contributed by atoms with van der Waals surface area (Å²) >= 11 is 0. The van der Waals surface area contributed by atoms with Crippen LogP contribution in [-0.2, 0) is 9.53 Å². The third-order valence-corrected chi connectivity index (χ3v) is 4.61. The molecule has 0 radical (unpaired) electrons. The van der Waals surface area contributed by atoms with Crippen molar-refractivity contribution in [3.8, 4) is 5.75 Å². The standard InChI is InChI=1S/C22H26N2O4/c1-17(25)18-8-10-19(11-9-18)28-14-4-7-22(26)23-20-5-2-3-6-21(20)24-12-15-27-16-13-24/h2-3,5-6,8-11H,4,7,12-16H2,1H3,(H,23,26). The Kier molecular flexibility index (Phi) is 7.03. The number of ketones is 1. The van der Waals surface area contributed by atoms with Crippen molar-refractivity contribution >= 4 is 23.1 Å². The number of morpholine rings is 1. The second kappa shape index (κ2) is 9.90. The molecule has 1 heterocycles. The minimum atomic E-state index is -0.0313. The van der Waals surface area contributed by atoms with Gasteiger partial charge in [0.15, 0.2) is 5.78 Å². The number of nitrogens with one attached hydrogen (secondary N) is 1. The SMILES string of the molecule is CC(=O)c1ccc(OCCCC(=O)Nc2ccccc2N2CCOCC2)cc1. The Morgan fingerprint density at radius 3 is 2.50 bits per heavy atom. The van der Waals surface area contributed by atoms with Crippen LogP contribution in [0.2, 0.25) is 0 Å². The average molecular weight is 382 g/mol. The molecule has 0 aromatic heterocycles. The molecule has 0 saturated carbocycles. The molecule has 1 N–H and O–H groups in total. The molecule has 2 aromatic carbocycles. The maximum absolute atomic E-state index is 12.3. The first-order valence-corrected chi connectivity index (χ1v) is 9.59. The van der Waals surface area contributed by atoms with Gasteiger partial charge in [0.1, 0.15) is 5.75 Å². The highest BCUT2D eigenvalue weighted by Gasteiger charge is 2.15. The Labute approximate surface area is 165 Å². The van der Waals surface area contributed by atoms with Gasteiger partial charge in [0.25, 0.3) is 0 Å². The molecule has 6 nitrogen and oxygen atoms in total. The number of amides is 1. The molecular weight excluding hydrogens is 356 g/mol. The predicted octanol–water partition coefficient (Wildman–Crippen LogP) is 3.52. The van der Waals surface area contributed by atoms with Gasteiger partial charge in [-0.1, -0.05) is 12.1 Å². The summed E-state index contributed by atoms with van der Waals surface area (Å²) in [6.07, 6.45) is 0.989. The van der Waals surface area contributed by atoms with E-state index in [1.807, 2.05) is 24.3 Å². The van der Waals surface area contributed by atoms with Crippen LogP contribution in [0.25, 0.3) is 0 Å². The zero-order valence-electron chi connectivity index (χ0n) is 16.1. The van der Waals surface area contributed by atoms with Gasteiger partial charge in [-0.15, -0.1) is 0 Å². The lowest BCUT2D eigenvalue weighted by Crippen LogP contribution is -2.36. The van der Waals surface area contributed by atoms with Crippen molar-refractivity contribution in [2.24, 2.45) is 0 Å². The molecule has 6 heteroatoms. The fourth-order valence-electron chi connectivity index (χ4n) is 3.08. The van der Waals surface area contributed by atoms with E-state index in [1.165, 1.54) is 6.92 Å². The highest BCUT2D eigenvalue weighted by atomic mass is 16.5. The van der Waals surface area contributed by atoms with Gasteiger partial charge in [0.2, 0.25) is 5.91 Å². The van der Waals surface area contributed by atoms with Crippen LogP contribution in [-0.4, -0.2) is 44.6 Å². The van der Waals surface area contributed by atoms with E-state index < -0.39 is 0 Å². The van der Waals surface area contributed by atoms with Gasteiger partial charge in [-0.2, -0.15) is 0 Å². The first kappa shape index (κ1) is 19.9.